The highest BCUT2D eigenvalue weighted by Gasteiger charge is 2.12. The van der Waals surface area contributed by atoms with Gasteiger partial charge in [-0.3, -0.25) is 9.59 Å². The molecule has 0 fully saturated rings. The molecule has 0 spiro atoms. The summed E-state index contributed by atoms with van der Waals surface area (Å²) in [5.41, 5.74) is 4.82. The van der Waals surface area contributed by atoms with E-state index in [9.17, 15) is 9.59 Å². The molecule has 0 bridgehead atoms. The van der Waals surface area contributed by atoms with Crippen molar-refractivity contribution in [3.8, 4) is 0 Å². The summed E-state index contributed by atoms with van der Waals surface area (Å²) in [6.07, 6.45) is 3.30. The number of rotatable bonds is 24. The second kappa shape index (κ2) is 23.7. The van der Waals surface area contributed by atoms with Crippen LogP contribution in [0.2, 0.25) is 0 Å². The minimum Gasteiger partial charge on any atom is -0.454 e. The summed E-state index contributed by atoms with van der Waals surface area (Å²) in [5, 5.41) is 0. The lowest BCUT2D eigenvalue weighted by Gasteiger charge is -2.07. The van der Waals surface area contributed by atoms with Crippen LogP contribution in [0.3, 0.4) is 0 Å². The SMILES string of the molecule is C=Cc1ccc(CSCCOCCSCOC(=O)CC(=O)OCSCCOCCSCc2ccc(C=C)cc2)cc1. The Kier molecular flexibility index (Phi) is 20.5. The average Bonchev–Trinajstić information content (AvgIpc) is 2.99. The first-order valence-corrected chi connectivity index (χ1v) is 17.9. The third-order valence-corrected chi connectivity index (χ3v) is 8.82. The van der Waals surface area contributed by atoms with E-state index in [1.54, 1.807) is 0 Å². The number of ether oxygens (including phenoxy) is 4. The molecule has 2 rings (SSSR count). The van der Waals surface area contributed by atoms with Crippen molar-refractivity contribution < 1.29 is 28.5 Å². The van der Waals surface area contributed by atoms with Gasteiger partial charge in [0.05, 0.1) is 26.4 Å². The average molecular weight is 637 g/mol. The van der Waals surface area contributed by atoms with E-state index < -0.39 is 11.9 Å². The van der Waals surface area contributed by atoms with Crippen molar-refractivity contribution >= 4 is 71.1 Å². The number of hydrogen-bond donors (Lipinski definition) is 0. The van der Waals surface area contributed by atoms with E-state index in [1.165, 1.54) is 34.7 Å². The third-order valence-electron chi connectivity index (χ3n) is 5.35. The monoisotopic (exact) mass is 636 g/mol. The van der Waals surface area contributed by atoms with E-state index in [0.717, 1.165) is 34.1 Å². The summed E-state index contributed by atoms with van der Waals surface area (Å²) in [5.74, 6) is 4.40. The van der Waals surface area contributed by atoms with E-state index in [1.807, 2.05) is 35.7 Å². The van der Waals surface area contributed by atoms with Crippen LogP contribution in [0.25, 0.3) is 12.2 Å². The van der Waals surface area contributed by atoms with E-state index in [4.69, 9.17) is 18.9 Å². The van der Waals surface area contributed by atoms with Crippen molar-refractivity contribution in [3.05, 3.63) is 83.9 Å². The molecule has 0 aliphatic rings. The van der Waals surface area contributed by atoms with Crippen LogP contribution < -0.4 is 0 Å². The lowest BCUT2D eigenvalue weighted by atomic mass is 10.1. The Bertz CT molecular complexity index is 933. The first-order chi connectivity index (χ1) is 20.1. The van der Waals surface area contributed by atoms with Gasteiger partial charge in [-0.15, -0.1) is 23.5 Å². The molecular formula is C31H40O6S4. The molecule has 0 saturated heterocycles. The van der Waals surface area contributed by atoms with Gasteiger partial charge in [0.2, 0.25) is 0 Å². The van der Waals surface area contributed by atoms with Gasteiger partial charge in [0.15, 0.2) is 0 Å². The molecule has 0 unspecified atom stereocenters. The second-order valence-electron chi connectivity index (χ2n) is 8.48. The maximum atomic E-state index is 11.8. The van der Waals surface area contributed by atoms with Crippen LogP contribution in [0.4, 0.5) is 0 Å². The molecule has 2 aromatic rings. The van der Waals surface area contributed by atoms with Crippen LogP contribution in [0.15, 0.2) is 61.7 Å². The van der Waals surface area contributed by atoms with Gasteiger partial charge >= 0.3 is 11.9 Å². The predicted molar refractivity (Wildman–Crippen MR) is 178 cm³/mol. The topological polar surface area (TPSA) is 71.1 Å². The van der Waals surface area contributed by atoms with E-state index >= 15 is 0 Å². The highest BCUT2D eigenvalue weighted by molar-refractivity contribution is 7.99. The maximum absolute atomic E-state index is 11.8. The van der Waals surface area contributed by atoms with Crippen LogP contribution in [-0.2, 0) is 40.0 Å². The molecule has 0 aromatic heterocycles. The Morgan fingerprint density at radius 2 is 0.951 bits per heavy atom. The smallest absolute Gasteiger partial charge is 0.317 e. The highest BCUT2D eigenvalue weighted by atomic mass is 32.2. The molecule has 0 aliphatic carbocycles. The molecule has 0 amide bonds. The van der Waals surface area contributed by atoms with Gasteiger partial charge in [0, 0.05) is 34.5 Å². The van der Waals surface area contributed by atoms with Gasteiger partial charge < -0.3 is 18.9 Å². The summed E-state index contributed by atoms with van der Waals surface area (Å²) < 4.78 is 21.4. The number of benzene rings is 2. The molecule has 0 heterocycles. The van der Waals surface area contributed by atoms with E-state index in [0.29, 0.717) is 37.9 Å². The number of esters is 2. The molecule has 224 valence electrons. The molecule has 6 nitrogen and oxygen atoms in total. The minimum absolute atomic E-state index is 0.191. The van der Waals surface area contributed by atoms with Crippen molar-refractivity contribution in [2.24, 2.45) is 0 Å². The van der Waals surface area contributed by atoms with Gasteiger partial charge in [-0.25, -0.2) is 0 Å². The fourth-order valence-corrected chi connectivity index (χ4v) is 5.86. The van der Waals surface area contributed by atoms with E-state index in [2.05, 4.69) is 61.7 Å². The zero-order chi connectivity index (χ0) is 29.4. The van der Waals surface area contributed by atoms with Crippen LogP contribution in [-0.4, -0.2) is 73.3 Å². The predicted octanol–water partition coefficient (Wildman–Crippen LogP) is 7.03. The number of thioether (sulfide) groups is 4. The van der Waals surface area contributed by atoms with Crippen molar-refractivity contribution in [3.63, 3.8) is 0 Å². The molecule has 2 aromatic carbocycles. The fraction of sp³-hybridized carbons (Fsp3) is 0.419. The zero-order valence-electron chi connectivity index (χ0n) is 23.5. The molecule has 10 heteroatoms. The van der Waals surface area contributed by atoms with E-state index in [-0.39, 0.29) is 18.3 Å². The van der Waals surface area contributed by atoms with Crippen molar-refractivity contribution in [1.29, 1.82) is 0 Å². The standard InChI is InChI=1S/C31H40O6S4/c1-3-26-5-9-28(10-6-26)22-38-17-13-34-15-19-40-24-36-30(32)21-31(33)37-25-41-20-16-35-14-18-39-23-29-11-7-27(4-2)8-12-29/h3-12H,1-2,13-25H2. The largest absolute Gasteiger partial charge is 0.454 e. The Hall–Kier alpha value is -1.82. The molecule has 41 heavy (non-hydrogen) atoms. The van der Waals surface area contributed by atoms with Gasteiger partial charge in [0.25, 0.3) is 0 Å². The first kappa shape index (κ1) is 35.4. The number of hydrogen-bond acceptors (Lipinski definition) is 10. The number of carbonyl (C=O) groups excluding carboxylic acids is 2. The molecule has 0 atom stereocenters. The van der Waals surface area contributed by atoms with Gasteiger partial charge in [-0.2, -0.15) is 23.5 Å². The normalized spacial score (nSPS) is 10.7. The Balaban J connectivity index is 1.31. The Labute approximate surface area is 261 Å². The van der Waals surface area contributed by atoms with Gasteiger partial charge in [0.1, 0.15) is 18.3 Å². The molecule has 0 aliphatic heterocycles. The zero-order valence-corrected chi connectivity index (χ0v) is 26.7. The van der Waals surface area contributed by atoms with Crippen molar-refractivity contribution in [1.82, 2.24) is 0 Å². The number of carbonyl (C=O) groups is 2. The summed E-state index contributed by atoms with van der Waals surface area (Å²) in [6.45, 7) is 10.1. The molecule has 0 radical (unpaired) electrons. The summed E-state index contributed by atoms with van der Waals surface area (Å²) in [6, 6.07) is 16.7. The molecule has 0 saturated carbocycles. The highest BCUT2D eigenvalue weighted by Crippen LogP contribution is 2.15. The Morgan fingerprint density at radius 1 is 0.585 bits per heavy atom. The summed E-state index contributed by atoms with van der Waals surface area (Å²) in [7, 11) is 0. The third kappa shape index (κ3) is 18.4. The van der Waals surface area contributed by atoms with Gasteiger partial charge in [-0.05, 0) is 22.3 Å². The van der Waals surface area contributed by atoms with Crippen molar-refractivity contribution in [2.75, 3.05) is 61.3 Å². The first-order valence-electron chi connectivity index (χ1n) is 13.3. The van der Waals surface area contributed by atoms with Crippen LogP contribution in [0.1, 0.15) is 28.7 Å². The lowest BCUT2D eigenvalue weighted by molar-refractivity contribution is -0.152. The fourth-order valence-electron chi connectivity index (χ4n) is 3.11. The quantitative estimate of drug-likeness (QED) is 0.0519. The maximum Gasteiger partial charge on any atom is 0.317 e. The summed E-state index contributed by atoms with van der Waals surface area (Å²) >= 11 is 6.56. The van der Waals surface area contributed by atoms with Crippen molar-refractivity contribution in [2.45, 2.75) is 17.9 Å². The lowest BCUT2D eigenvalue weighted by Crippen LogP contribution is -2.14. The van der Waals surface area contributed by atoms with Crippen LogP contribution >= 0.6 is 47.0 Å². The Morgan fingerprint density at radius 3 is 1.32 bits per heavy atom. The molecular weight excluding hydrogens is 597 g/mol. The molecule has 0 N–H and O–H groups in total. The van der Waals surface area contributed by atoms with Crippen LogP contribution in [0, 0.1) is 0 Å². The van der Waals surface area contributed by atoms with Crippen LogP contribution in [0.5, 0.6) is 0 Å². The second-order valence-corrected chi connectivity index (χ2v) is 12.8. The summed E-state index contributed by atoms with van der Waals surface area (Å²) in [4.78, 5) is 23.6. The van der Waals surface area contributed by atoms with Gasteiger partial charge in [-0.1, -0.05) is 73.8 Å². The minimum atomic E-state index is -0.580.